The van der Waals surface area contributed by atoms with Gasteiger partial charge >= 0.3 is 0 Å². The van der Waals surface area contributed by atoms with E-state index in [4.69, 9.17) is 14.8 Å². The highest BCUT2D eigenvalue weighted by atomic mass is 32.2. The summed E-state index contributed by atoms with van der Waals surface area (Å²) in [7, 11) is -10.2. The number of nitrogen functional groups attached to an aromatic ring is 1. The molecule has 0 unspecified atom stereocenters. The third kappa shape index (κ3) is 2.29. The van der Waals surface area contributed by atoms with Crippen LogP contribution < -0.4 is 5.73 Å². The van der Waals surface area contributed by atoms with E-state index in [1.54, 1.807) is 0 Å². The quantitative estimate of drug-likeness (QED) is 0.505. The maximum atomic E-state index is 13.2. The van der Waals surface area contributed by atoms with Gasteiger partial charge in [-0.1, -0.05) is 0 Å². The van der Waals surface area contributed by atoms with E-state index in [9.17, 15) is 21.2 Å². The van der Waals surface area contributed by atoms with Crippen LogP contribution >= 0.6 is 0 Å². The molecule has 0 heterocycles. The van der Waals surface area contributed by atoms with E-state index in [0.717, 1.165) is 6.07 Å². The Morgan fingerprint density at radius 3 is 1.94 bits per heavy atom. The number of rotatable bonds is 2. The number of hydrogen-bond donors (Lipinski definition) is 3. The molecule has 0 bridgehead atoms. The summed E-state index contributed by atoms with van der Waals surface area (Å²) in [6.07, 6.45) is 0. The van der Waals surface area contributed by atoms with Gasteiger partial charge in [0.05, 0.1) is 5.69 Å². The van der Waals surface area contributed by atoms with Crippen LogP contribution in [0.25, 0.3) is 0 Å². The van der Waals surface area contributed by atoms with Crippen molar-refractivity contribution < 1.29 is 30.3 Å². The van der Waals surface area contributed by atoms with Crippen molar-refractivity contribution in [2.75, 3.05) is 5.73 Å². The normalized spacial score (nSPS) is 12.7. The van der Waals surface area contributed by atoms with Crippen molar-refractivity contribution in [1.29, 1.82) is 0 Å². The third-order valence-corrected chi connectivity index (χ3v) is 3.57. The lowest BCUT2D eigenvalue weighted by Crippen LogP contribution is -2.12. The molecular weight excluding hydrogens is 265 g/mol. The minimum absolute atomic E-state index is 0.566. The van der Waals surface area contributed by atoms with E-state index in [1.165, 1.54) is 0 Å². The van der Waals surface area contributed by atoms with Crippen molar-refractivity contribution in [3.05, 3.63) is 17.9 Å². The van der Waals surface area contributed by atoms with Crippen LogP contribution in [0.2, 0.25) is 0 Å². The highest BCUT2D eigenvalue weighted by Crippen LogP contribution is 2.27. The molecule has 1 rings (SSSR count). The van der Waals surface area contributed by atoms with Crippen LogP contribution in [0.4, 0.5) is 10.1 Å². The molecule has 1 aromatic carbocycles. The van der Waals surface area contributed by atoms with Gasteiger partial charge in [-0.2, -0.15) is 16.8 Å². The molecule has 1 aromatic rings. The van der Waals surface area contributed by atoms with Gasteiger partial charge in [0.25, 0.3) is 20.2 Å². The first kappa shape index (κ1) is 12.8. The minimum Gasteiger partial charge on any atom is -0.396 e. The maximum Gasteiger partial charge on any atom is 0.298 e. The van der Waals surface area contributed by atoms with E-state index in [0.29, 0.717) is 6.07 Å². The van der Waals surface area contributed by atoms with Crippen molar-refractivity contribution in [3.63, 3.8) is 0 Å². The molecule has 90 valence electrons. The van der Waals surface area contributed by atoms with Crippen LogP contribution in [0.15, 0.2) is 21.9 Å². The zero-order valence-electron chi connectivity index (χ0n) is 7.45. The number of anilines is 1. The fraction of sp³-hybridized carbons (Fsp3) is 0. The minimum atomic E-state index is -5.16. The average Bonchev–Trinajstić information content (AvgIpc) is 2.05. The zero-order valence-corrected chi connectivity index (χ0v) is 9.09. The Morgan fingerprint density at radius 2 is 1.56 bits per heavy atom. The van der Waals surface area contributed by atoms with Crippen LogP contribution in [-0.2, 0) is 20.2 Å². The smallest absolute Gasteiger partial charge is 0.298 e. The maximum absolute atomic E-state index is 13.2. The van der Waals surface area contributed by atoms with Crippen LogP contribution in [0.5, 0.6) is 0 Å². The summed E-state index contributed by atoms with van der Waals surface area (Å²) in [6, 6.07) is 1.31. The average molecular weight is 271 g/mol. The van der Waals surface area contributed by atoms with Crippen LogP contribution in [0.3, 0.4) is 0 Å². The fourth-order valence-corrected chi connectivity index (χ4v) is 2.86. The molecule has 10 heteroatoms. The van der Waals surface area contributed by atoms with Gasteiger partial charge in [0.1, 0.15) is 4.90 Å². The second kappa shape index (κ2) is 3.66. The Kier molecular flexibility index (Phi) is 2.94. The molecule has 0 saturated heterocycles. The Labute approximate surface area is 90.2 Å². The Bertz CT molecular complexity index is 635. The molecule has 0 spiro atoms. The molecule has 4 N–H and O–H groups in total. The summed E-state index contributed by atoms with van der Waals surface area (Å²) in [5, 5.41) is 0. The summed E-state index contributed by atoms with van der Waals surface area (Å²) in [5.74, 6) is -1.64. The Balaban J connectivity index is 3.88. The van der Waals surface area contributed by atoms with E-state index < -0.39 is 41.5 Å². The first-order valence-corrected chi connectivity index (χ1v) is 6.46. The second-order valence-corrected chi connectivity index (χ2v) is 5.49. The number of benzene rings is 1. The molecule has 0 aliphatic carbocycles. The topological polar surface area (TPSA) is 135 Å². The molecule has 0 amide bonds. The Morgan fingerprint density at radius 1 is 1.06 bits per heavy atom. The fourth-order valence-electron chi connectivity index (χ4n) is 0.997. The molecule has 0 aliphatic heterocycles. The van der Waals surface area contributed by atoms with Crippen LogP contribution in [0.1, 0.15) is 0 Å². The highest BCUT2D eigenvalue weighted by molar-refractivity contribution is 7.89. The van der Waals surface area contributed by atoms with Gasteiger partial charge < -0.3 is 5.73 Å². The largest absolute Gasteiger partial charge is 0.396 e. The van der Waals surface area contributed by atoms with Crippen molar-refractivity contribution >= 4 is 25.9 Å². The van der Waals surface area contributed by atoms with E-state index in [-0.39, 0.29) is 0 Å². The number of hydrogen-bond acceptors (Lipinski definition) is 5. The molecule has 0 radical (unpaired) electrons. The predicted molar refractivity (Wildman–Crippen MR) is 50.4 cm³/mol. The van der Waals surface area contributed by atoms with Crippen molar-refractivity contribution in [1.82, 2.24) is 0 Å². The monoisotopic (exact) mass is 271 g/mol. The van der Waals surface area contributed by atoms with Crippen LogP contribution in [-0.4, -0.2) is 25.9 Å². The lowest BCUT2D eigenvalue weighted by Gasteiger charge is -2.06. The molecule has 0 saturated carbocycles. The van der Waals surface area contributed by atoms with Crippen molar-refractivity contribution in [3.8, 4) is 0 Å². The molecule has 7 nitrogen and oxygen atoms in total. The SMILES string of the molecule is Nc1ccc(S(=O)(=O)O)c(S(=O)(=O)O)c1F. The predicted octanol–water partition coefficient (Wildman–Crippen LogP) is -0.0987. The van der Waals surface area contributed by atoms with Crippen LogP contribution in [0, 0.1) is 5.82 Å². The summed E-state index contributed by atoms with van der Waals surface area (Å²) in [5.41, 5.74) is 4.32. The van der Waals surface area contributed by atoms with Gasteiger partial charge in [-0.15, -0.1) is 0 Å². The Hall–Kier alpha value is -1.23. The van der Waals surface area contributed by atoms with E-state index in [1.807, 2.05) is 0 Å². The standard InChI is InChI=1S/C6H6FNO6S2/c7-5-3(8)1-2-4(15(9,10)11)6(5)16(12,13)14/h1-2H,8H2,(H,9,10,11)(H,12,13,14). The summed E-state index contributed by atoms with van der Waals surface area (Å²) >= 11 is 0. The summed E-state index contributed by atoms with van der Waals surface area (Å²) in [4.78, 5) is -2.85. The molecule has 16 heavy (non-hydrogen) atoms. The highest BCUT2D eigenvalue weighted by Gasteiger charge is 2.29. The summed E-state index contributed by atoms with van der Waals surface area (Å²) in [6.45, 7) is 0. The first-order valence-electron chi connectivity index (χ1n) is 3.58. The van der Waals surface area contributed by atoms with Gasteiger partial charge in [0.15, 0.2) is 10.7 Å². The molecule has 0 aromatic heterocycles. The van der Waals surface area contributed by atoms with Gasteiger partial charge in [0.2, 0.25) is 0 Å². The van der Waals surface area contributed by atoms with E-state index >= 15 is 0 Å². The summed E-state index contributed by atoms with van der Waals surface area (Å²) < 4.78 is 73.5. The van der Waals surface area contributed by atoms with Crippen molar-refractivity contribution in [2.45, 2.75) is 9.79 Å². The first-order chi connectivity index (χ1) is 7.05. The second-order valence-electron chi connectivity index (χ2n) is 2.75. The molecular formula is C6H6FNO6S2. The van der Waals surface area contributed by atoms with Gasteiger partial charge in [-0.25, -0.2) is 4.39 Å². The lowest BCUT2D eigenvalue weighted by molar-refractivity contribution is 0.456. The van der Waals surface area contributed by atoms with Gasteiger partial charge in [-0.3, -0.25) is 9.11 Å². The lowest BCUT2D eigenvalue weighted by atomic mass is 10.3. The zero-order chi connectivity index (χ0) is 12.7. The van der Waals surface area contributed by atoms with Gasteiger partial charge in [-0.05, 0) is 12.1 Å². The number of halogens is 1. The molecule has 0 atom stereocenters. The van der Waals surface area contributed by atoms with E-state index in [2.05, 4.69) is 0 Å². The molecule has 0 fully saturated rings. The van der Waals surface area contributed by atoms with Crippen molar-refractivity contribution in [2.24, 2.45) is 0 Å². The van der Waals surface area contributed by atoms with Gasteiger partial charge in [0, 0.05) is 0 Å². The molecule has 0 aliphatic rings. The third-order valence-electron chi connectivity index (χ3n) is 1.63. The number of nitrogens with two attached hydrogens (primary N) is 1.